The number of carbonyl (C=O) groups is 2. The molecule has 0 saturated carbocycles. The second-order valence-corrected chi connectivity index (χ2v) is 8.78. The number of benzene rings is 2. The van der Waals surface area contributed by atoms with E-state index in [1.54, 1.807) is 48.5 Å². The highest BCUT2D eigenvalue weighted by atomic mass is 16.5. The summed E-state index contributed by atoms with van der Waals surface area (Å²) in [5, 5.41) is 17.5. The van der Waals surface area contributed by atoms with Crippen LogP contribution >= 0.6 is 0 Å². The van der Waals surface area contributed by atoms with Crippen LogP contribution in [0.1, 0.15) is 44.6 Å². The first-order chi connectivity index (χ1) is 16.5. The number of amides is 3. The zero-order valence-corrected chi connectivity index (χ0v) is 19.8. The molecule has 34 heavy (non-hydrogen) atoms. The predicted molar refractivity (Wildman–Crippen MR) is 132 cm³/mol. The fourth-order valence-electron chi connectivity index (χ4n) is 4.71. The average Bonchev–Trinajstić information content (AvgIpc) is 3.12. The van der Waals surface area contributed by atoms with Crippen LogP contribution in [0.2, 0.25) is 0 Å². The summed E-state index contributed by atoms with van der Waals surface area (Å²) < 4.78 is 5.49. The molecule has 8 heteroatoms. The molecule has 0 radical (unpaired) electrons. The van der Waals surface area contributed by atoms with Crippen molar-refractivity contribution in [3.8, 4) is 5.75 Å². The fraction of sp³-hybridized carbons (Fsp3) is 0.462. The zero-order chi connectivity index (χ0) is 24.0. The Morgan fingerprint density at radius 3 is 2.50 bits per heavy atom. The third-order valence-electron chi connectivity index (χ3n) is 6.43. The topological polar surface area (TPSA) is 94.1 Å². The number of hydrogen-bond donors (Lipinski definition) is 3. The number of ether oxygens (including phenoxy) is 1. The van der Waals surface area contributed by atoms with Crippen LogP contribution in [0.5, 0.6) is 5.75 Å². The van der Waals surface area contributed by atoms with E-state index in [4.69, 9.17) is 4.74 Å². The van der Waals surface area contributed by atoms with Crippen LogP contribution in [-0.2, 0) is 10.5 Å². The largest absolute Gasteiger partial charge is 0.494 e. The van der Waals surface area contributed by atoms with Crippen molar-refractivity contribution in [2.75, 3.05) is 43.0 Å². The van der Waals surface area contributed by atoms with E-state index in [2.05, 4.69) is 15.5 Å². The molecule has 3 N–H and O–H groups in total. The number of para-hydroxylation sites is 1. The molecule has 0 aliphatic carbocycles. The van der Waals surface area contributed by atoms with Crippen molar-refractivity contribution in [2.24, 2.45) is 0 Å². The van der Waals surface area contributed by atoms with Gasteiger partial charge < -0.3 is 25.4 Å². The second-order valence-electron chi connectivity index (χ2n) is 8.78. The van der Waals surface area contributed by atoms with E-state index in [0.29, 0.717) is 35.8 Å². The van der Waals surface area contributed by atoms with Gasteiger partial charge in [-0.05, 0) is 76.2 Å². The van der Waals surface area contributed by atoms with E-state index in [1.807, 2.05) is 6.92 Å². The SMILES string of the molecule is CCOc1ccc(N2C(=O)Nc3ccccc3C2(O)C(=O)NCCCN2CCCCCC2)cc1. The Labute approximate surface area is 200 Å². The standard InChI is InChI=1S/C26H34N4O4/c1-2-34-21-14-12-20(13-15-21)30-25(32)28-23-11-6-5-10-22(23)26(30,33)24(31)27-16-9-19-29-17-7-3-4-8-18-29/h5-6,10-15,33H,2-4,7-9,16-19H2,1H3,(H,27,31)(H,28,32). The molecule has 2 aliphatic heterocycles. The molecule has 8 nitrogen and oxygen atoms in total. The Kier molecular flexibility index (Phi) is 7.70. The van der Waals surface area contributed by atoms with Gasteiger partial charge in [-0.2, -0.15) is 0 Å². The molecule has 2 heterocycles. The normalized spacial score (nSPS) is 20.8. The monoisotopic (exact) mass is 466 g/mol. The molecule has 4 rings (SSSR count). The lowest BCUT2D eigenvalue weighted by Crippen LogP contribution is -2.62. The Bertz CT molecular complexity index is 989. The Hall–Kier alpha value is -3.10. The molecule has 1 saturated heterocycles. The van der Waals surface area contributed by atoms with Gasteiger partial charge in [0.05, 0.1) is 12.3 Å². The van der Waals surface area contributed by atoms with Crippen LogP contribution in [0.3, 0.4) is 0 Å². The van der Waals surface area contributed by atoms with Crippen molar-refractivity contribution in [2.45, 2.75) is 44.8 Å². The van der Waals surface area contributed by atoms with Gasteiger partial charge in [0.15, 0.2) is 0 Å². The molecule has 1 fully saturated rings. The summed E-state index contributed by atoms with van der Waals surface area (Å²) in [7, 11) is 0. The highest BCUT2D eigenvalue weighted by Crippen LogP contribution is 2.40. The molecule has 3 amide bonds. The lowest BCUT2D eigenvalue weighted by atomic mass is 9.94. The van der Waals surface area contributed by atoms with Crippen molar-refractivity contribution in [3.05, 3.63) is 54.1 Å². The van der Waals surface area contributed by atoms with Gasteiger partial charge in [0, 0.05) is 17.8 Å². The molecule has 1 unspecified atom stereocenters. The molecule has 2 aromatic carbocycles. The summed E-state index contributed by atoms with van der Waals surface area (Å²) >= 11 is 0. The van der Waals surface area contributed by atoms with Gasteiger partial charge in [0.25, 0.3) is 11.6 Å². The van der Waals surface area contributed by atoms with Crippen LogP contribution in [0, 0.1) is 0 Å². The number of aliphatic hydroxyl groups is 1. The Balaban J connectivity index is 1.53. The summed E-state index contributed by atoms with van der Waals surface area (Å²) in [6.07, 6.45) is 5.77. The summed E-state index contributed by atoms with van der Waals surface area (Å²) in [5.41, 5.74) is -1.06. The molecule has 182 valence electrons. The van der Waals surface area contributed by atoms with Crippen LogP contribution < -0.4 is 20.3 Å². The lowest BCUT2D eigenvalue weighted by molar-refractivity contribution is -0.140. The number of nitrogens with zero attached hydrogens (tertiary/aromatic N) is 2. The van der Waals surface area contributed by atoms with E-state index in [1.165, 1.54) is 25.7 Å². The first-order valence-electron chi connectivity index (χ1n) is 12.2. The van der Waals surface area contributed by atoms with Crippen molar-refractivity contribution < 1.29 is 19.4 Å². The summed E-state index contributed by atoms with van der Waals surface area (Å²) in [6.45, 7) is 5.91. The molecule has 2 aromatic rings. The van der Waals surface area contributed by atoms with Crippen molar-refractivity contribution in [1.29, 1.82) is 0 Å². The summed E-state index contributed by atoms with van der Waals surface area (Å²) in [5.74, 6) is 0.0186. The van der Waals surface area contributed by atoms with Gasteiger partial charge in [-0.1, -0.05) is 31.0 Å². The van der Waals surface area contributed by atoms with E-state index in [0.717, 1.165) is 31.0 Å². The quantitative estimate of drug-likeness (QED) is 0.516. The molecule has 1 atom stereocenters. The fourth-order valence-corrected chi connectivity index (χ4v) is 4.71. The molecule has 0 bridgehead atoms. The molecule has 0 aromatic heterocycles. The molecular formula is C26H34N4O4. The number of likely N-dealkylation sites (tertiary alicyclic amines) is 1. The minimum absolute atomic E-state index is 0.327. The number of fused-ring (bicyclic) bond motifs is 1. The maximum Gasteiger partial charge on any atom is 0.329 e. The molecular weight excluding hydrogens is 432 g/mol. The lowest BCUT2D eigenvalue weighted by Gasteiger charge is -2.42. The van der Waals surface area contributed by atoms with Gasteiger partial charge in [0.2, 0.25) is 0 Å². The minimum atomic E-state index is -2.19. The van der Waals surface area contributed by atoms with Gasteiger partial charge in [-0.3, -0.25) is 9.69 Å². The van der Waals surface area contributed by atoms with Crippen molar-refractivity contribution in [3.63, 3.8) is 0 Å². The molecule has 2 aliphatic rings. The van der Waals surface area contributed by atoms with Crippen molar-refractivity contribution in [1.82, 2.24) is 10.2 Å². The van der Waals surface area contributed by atoms with Crippen LogP contribution in [-0.4, -0.2) is 54.7 Å². The highest BCUT2D eigenvalue weighted by molar-refractivity contribution is 6.11. The van der Waals surface area contributed by atoms with E-state index < -0.39 is 17.7 Å². The van der Waals surface area contributed by atoms with Crippen molar-refractivity contribution >= 4 is 23.3 Å². The number of rotatable bonds is 8. The number of anilines is 2. The summed E-state index contributed by atoms with van der Waals surface area (Å²) in [4.78, 5) is 30.1. The number of carbonyl (C=O) groups excluding carboxylic acids is 2. The molecule has 0 spiro atoms. The average molecular weight is 467 g/mol. The van der Waals surface area contributed by atoms with E-state index >= 15 is 0 Å². The Morgan fingerprint density at radius 2 is 1.79 bits per heavy atom. The predicted octanol–water partition coefficient (Wildman–Crippen LogP) is 3.66. The Morgan fingerprint density at radius 1 is 1.09 bits per heavy atom. The minimum Gasteiger partial charge on any atom is -0.494 e. The third-order valence-corrected chi connectivity index (χ3v) is 6.43. The zero-order valence-electron chi connectivity index (χ0n) is 19.8. The van der Waals surface area contributed by atoms with E-state index in [-0.39, 0.29) is 0 Å². The van der Waals surface area contributed by atoms with Crippen LogP contribution in [0.25, 0.3) is 0 Å². The second kappa shape index (κ2) is 10.9. The maximum absolute atomic E-state index is 13.5. The highest BCUT2D eigenvalue weighted by Gasteiger charge is 2.51. The number of nitrogens with one attached hydrogen (secondary N) is 2. The van der Waals surface area contributed by atoms with Gasteiger partial charge in [-0.15, -0.1) is 0 Å². The number of urea groups is 1. The van der Waals surface area contributed by atoms with E-state index in [9.17, 15) is 14.7 Å². The summed E-state index contributed by atoms with van der Waals surface area (Å²) in [6, 6.07) is 13.0. The maximum atomic E-state index is 13.5. The first kappa shape index (κ1) is 24.0. The van der Waals surface area contributed by atoms with Gasteiger partial charge >= 0.3 is 6.03 Å². The van der Waals surface area contributed by atoms with Gasteiger partial charge in [0.1, 0.15) is 5.75 Å². The van der Waals surface area contributed by atoms with Crippen LogP contribution in [0.4, 0.5) is 16.2 Å². The smallest absolute Gasteiger partial charge is 0.329 e. The first-order valence-corrected chi connectivity index (χ1v) is 12.2. The van der Waals surface area contributed by atoms with Gasteiger partial charge in [-0.25, -0.2) is 4.79 Å². The number of hydrogen-bond acceptors (Lipinski definition) is 5. The third kappa shape index (κ3) is 5.03. The van der Waals surface area contributed by atoms with Crippen LogP contribution in [0.15, 0.2) is 48.5 Å².